The number of fused-ring (bicyclic) bond motifs is 2. The molecule has 5 aromatic rings. The Bertz CT molecular complexity index is 2660. The lowest BCUT2D eigenvalue weighted by molar-refractivity contribution is -0.132. The first-order valence-corrected chi connectivity index (χ1v) is 23.4. The van der Waals surface area contributed by atoms with E-state index in [2.05, 4.69) is 42.7 Å². The average Bonchev–Trinajstić information content (AvgIpc) is 4.11. The number of allylic oxidation sites excluding steroid dienone is 1. The monoisotopic (exact) mass is 919 g/mol. The van der Waals surface area contributed by atoms with Gasteiger partial charge in [-0.1, -0.05) is 90.7 Å². The van der Waals surface area contributed by atoms with E-state index in [0.717, 1.165) is 45.2 Å². The van der Waals surface area contributed by atoms with Crippen LogP contribution in [0.3, 0.4) is 0 Å². The molecule has 0 fully saturated rings. The number of amides is 4. The number of nitrogens with one attached hydrogen (secondary N) is 5. The molecule has 3 heterocycles. The molecule has 15 nitrogen and oxygen atoms in total. The third kappa shape index (κ3) is 13.3. The third-order valence-electron chi connectivity index (χ3n) is 12.8. The van der Waals surface area contributed by atoms with Crippen molar-refractivity contribution in [1.82, 2.24) is 40.7 Å². The highest BCUT2D eigenvalue weighted by Crippen LogP contribution is 2.31. The number of carbonyl (C=O) groups excluding carboxylic acids is 6. The Morgan fingerprint density at radius 1 is 0.897 bits per heavy atom. The van der Waals surface area contributed by atoms with Crippen molar-refractivity contribution in [2.24, 2.45) is 11.7 Å². The van der Waals surface area contributed by atoms with Gasteiger partial charge in [0.25, 0.3) is 0 Å². The number of benzene rings is 3. The molecule has 0 spiro atoms. The lowest BCUT2D eigenvalue weighted by Gasteiger charge is -2.28. The lowest BCUT2D eigenvalue weighted by Crippen LogP contribution is -2.54. The van der Waals surface area contributed by atoms with E-state index in [0.29, 0.717) is 38.0 Å². The van der Waals surface area contributed by atoms with Gasteiger partial charge in [0.05, 0.1) is 50.1 Å². The van der Waals surface area contributed by atoms with E-state index >= 15 is 0 Å². The van der Waals surface area contributed by atoms with Crippen molar-refractivity contribution in [3.8, 4) is 11.8 Å². The molecule has 3 aromatic carbocycles. The number of aromatic nitrogens is 3. The first-order chi connectivity index (χ1) is 32.9. The smallest absolute Gasteiger partial charge is 0.319 e. The Morgan fingerprint density at radius 2 is 1.66 bits per heavy atom. The molecular formula is C53H61N9O6. The maximum atomic E-state index is 14.8. The highest BCUT2D eigenvalue weighted by atomic mass is 16.2. The number of para-hydroxylation sites is 1. The van der Waals surface area contributed by atoms with Crippen LogP contribution in [0.2, 0.25) is 0 Å². The van der Waals surface area contributed by atoms with Crippen LogP contribution in [0.15, 0.2) is 104 Å². The highest BCUT2D eigenvalue weighted by molar-refractivity contribution is 5.97. The minimum absolute atomic E-state index is 0.0725. The summed E-state index contributed by atoms with van der Waals surface area (Å²) in [5.41, 5.74) is 12.5. The number of H-pyrrole nitrogens is 2. The largest absolute Gasteiger partial charge is 0.361 e. The average molecular weight is 920 g/mol. The minimum atomic E-state index is -1.15. The fraction of sp³-hybridized carbons (Fsp3) is 0.377. The minimum Gasteiger partial charge on any atom is -0.361 e. The Hall–Kier alpha value is -7.15. The van der Waals surface area contributed by atoms with Crippen molar-refractivity contribution in [2.75, 3.05) is 33.2 Å². The van der Waals surface area contributed by atoms with E-state index in [9.17, 15) is 28.8 Å². The molecule has 1 aliphatic carbocycles. The first kappa shape index (κ1) is 48.8. The van der Waals surface area contributed by atoms with Crippen molar-refractivity contribution in [1.29, 1.82) is 0 Å². The lowest BCUT2D eigenvalue weighted by atomic mass is 9.89. The van der Waals surface area contributed by atoms with Crippen LogP contribution in [-0.4, -0.2) is 117 Å². The number of hydrogen-bond acceptors (Lipinski definition) is 9. The van der Waals surface area contributed by atoms with Gasteiger partial charge in [0.1, 0.15) is 0 Å². The Labute approximate surface area is 397 Å². The molecule has 4 amide bonds. The second kappa shape index (κ2) is 23.5. The summed E-state index contributed by atoms with van der Waals surface area (Å²) in [7, 11) is 1.92. The van der Waals surface area contributed by atoms with E-state index in [-0.39, 0.29) is 44.4 Å². The first-order valence-electron chi connectivity index (χ1n) is 23.4. The van der Waals surface area contributed by atoms with Crippen LogP contribution < -0.4 is 21.7 Å². The fourth-order valence-electron chi connectivity index (χ4n) is 8.88. The molecule has 2 aliphatic rings. The normalized spacial score (nSPS) is 19.8. The number of Topliss-reactive ketones (excluding diaryl/α,β-unsaturated/α-hetero) is 3. The molecule has 0 radical (unpaired) electrons. The SMILES string of the molecule is CC(=O)[C@@H]1CCCCN(C)CC#CCN(CC(=O)[C@@H](CC2=CCc3ccccc32)NC(=O)[C@@H](N)Cc2cnc[nH]2)C(=O)N[C@@H](Cc2c[nH]c3ccccc23)C(=O)C[C@H](Cc2ccccc2)C(=O)N1. The summed E-state index contributed by atoms with van der Waals surface area (Å²) in [6.07, 6.45) is 9.81. The quantitative estimate of drug-likeness (QED) is 0.0866. The molecule has 15 heteroatoms. The molecule has 0 saturated heterocycles. The Kier molecular flexibility index (Phi) is 16.9. The van der Waals surface area contributed by atoms with Crippen LogP contribution in [0.25, 0.3) is 16.5 Å². The number of ketones is 3. The van der Waals surface area contributed by atoms with Crippen molar-refractivity contribution in [3.63, 3.8) is 0 Å². The second-order valence-corrected chi connectivity index (χ2v) is 17.9. The van der Waals surface area contributed by atoms with E-state index in [1.165, 1.54) is 18.2 Å². The number of carbonyl (C=O) groups is 6. The molecule has 354 valence electrons. The van der Waals surface area contributed by atoms with Crippen LogP contribution in [0.5, 0.6) is 0 Å². The van der Waals surface area contributed by atoms with E-state index in [4.69, 9.17) is 5.73 Å². The molecule has 7 N–H and O–H groups in total. The molecule has 7 rings (SSSR count). The molecule has 2 aromatic heterocycles. The Morgan fingerprint density at radius 3 is 2.46 bits per heavy atom. The summed E-state index contributed by atoms with van der Waals surface area (Å²) in [5, 5.41) is 9.70. The molecule has 1 aliphatic heterocycles. The van der Waals surface area contributed by atoms with E-state index in [1.54, 1.807) is 12.4 Å². The van der Waals surface area contributed by atoms with Crippen molar-refractivity contribution in [3.05, 3.63) is 132 Å². The van der Waals surface area contributed by atoms with Gasteiger partial charge >= 0.3 is 6.03 Å². The zero-order valence-corrected chi connectivity index (χ0v) is 38.8. The maximum Gasteiger partial charge on any atom is 0.319 e. The van der Waals surface area contributed by atoms with Crippen LogP contribution in [-0.2, 0) is 49.7 Å². The van der Waals surface area contributed by atoms with Crippen molar-refractivity contribution in [2.45, 2.75) is 88.9 Å². The van der Waals surface area contributed by atoms with Gasteiger partial charge in [-0.2, -0.15) is 0 Å². The fourth-order valence-corrected chi connectivity index (χ4v) is 8.88. The standard InChI is InChI=1S/C53H61N9O6/c1-35(63)45-19-10-11-23-61(2)24-12-13-25-62(33-50(65)48(27-38-22-21-37-16-6-7-17-42(37)38)59-52(67)44(54)30-41-32-55-34-57-41)53(68)60-47(28-40-31-56-46-20-9-8-18-43(40)46)49(64)29-39(51(66)58-45)26-36-14-4-3-5-15-36/h3-9,14-18,20,22,31-32,34,39,44-45,47-48,56H,10-11,19,21,23-30,33,54H2,1-2H3,(H,55,57)(H,58,66)(H,59,67)(H,60,68)/t39-,44-,45-,47-,48+/m0/s1. The summed E-state index contributed by atoms with van der Waals surface area (Å²) in [6, 6.07) is 20.2. The highest BCUT2D eigenvalue weighted by Gasteiger charge is 2.34. The second-order valence-electron chi connectivity index (χ2n) is 17.9. The third-order valence-corrected chi connectivity index (χ3v) is 12.8. The molecule has 0 bridgehead atoms. The van der Waals surface area contributed by atoms with Gasteiger partial charge in [-0.05, 0) is 86.5 Å². The van der Waals surface area contributed by atoms with Crippen LogP contribution in [0, 0.1) is 17.8 Å². The number of urea groups is 1. The van der Waals surface area contributed by atoms with Crippen LogP contribution in [0.1, 0.15) is 67.0 Å². The predicted octanol–water partition coefficient (Wildman–Crippen LogP) is 4.48. The topological polar surface area (TPSA) is 215 Å². The van der Waals surface area contributed by atoms with Gasteiger partial charge in [-0.15, -0.1) is 0 Å². The van der Waals surface area contributed by atoms with Crippen molar-refractivity contribution >= 4 is 51.7 Å². The number of nitrogens with zero attached hydrogens (tertiary/aromatic N) is 3. The number of rotatable bonds is 14. The summed E-state index contributed by atoms with van der Waals surface area (Å²) in [5.74, 6) is 3.36. The van der Waals surface area contributed by atoms with Gasteiger partial charge in [0.15, 0.2) is 17.3 Å². The van der Waals surface area contributed by atoms with Gasteiger partial charge in [0, 0.05) is 60.6 Å². The summed E-state index contributed by atoms with van der Waals surface area (Å²) < 4.78 is 0. The number of aromatic amines is 2. The van der Waals surface area contributed by atoms with Crippen LogP contribution in [0.4, 0.5) is 4.79 Å². The van der Waals surface area contributed by atoms with Gasteiger partial charge in [-0.25, -0.2) is 9.78 Å². The molecule has 0 saturated carbocycles. The van der Waals surface area contributed by atoms with E-state index < -0.39 is 66.0 Å². The molecule has 5 atom stereocenters. The zero-order chi connectivity index (χ0) is 48.0. The van der Waals surface area contributed by atoms with Gasteiger partial charge in [0.2, 0.25) is 11.8 Å². The molecular weight excluding hydrogens is 859 g/mol. The van der Waals surface area contributed by atoms with E-state index in [1.807, 2.05) is 96.9 Å². The summed E-state index contributed by atoms with van der Waals surface area (Å²) >= 11 is 0. The number of nitrogens with two attached hydrogens (primary N) is 1. The molecule has 0 unspecified atom stereocenters. The summed E-state index contributed by atoms with van der Waals surface area (Å²) in [4.78, 5) is 98.7. The zero-order valence-electron chi connectivity index (χ0n) is 38.8. The number of hydrogen-bond donors (Lipinski definition) is 6. The van der Waals surface area contributed by atoms with Gasteiger partial charge in [-0.3, -0.25) is 28.9 Å². The Balaban J connectivity index is 1.20. The maximum absolute atomic E-state index is 14.8. The predicted molar refractivity (Wildman–Crippen MR) is 261 cm³/mol. The number of imidazole rings is 1. The van der Waals surface area contributed by atoms with Crippen molar-refractivity contribution < 1.29 is 28.8 Å². The van der Waals surface area contributed by atoms with Gasteiger partial charge < -0.3 is 36.6 Å². The molecule has 68 heavy (non-hydrogen) atoms. The summed E-state index contributed by atoms with van der Waals surface area (Å²) in [6.45, 7) is 1.87. The van der Waals surface area contributed by atoms with Crippen LogP contribution >= 0.6 is 0 Å².